The van der Waals surface area contributed by atoms with Gasteiger partial charge in [0.1, 0.15) is 6.33 Å². The number of carbonyl (C=O) groups excluding carboxylic acids is 1. The number of hydrogen-bond donors (Lipinski definition) is 0. The summed E-state index contributed by atoms with van der Waals surface area (Å²) in [6, 6.07) is 6.94. The fourth-order valence-corrected chi connectivity index (χ4v) is 1.29. The molecule has 1 heterocycles. The zero-order chi connectivity index (χ0) is 10.1. The van der Waals surface area contributed by atoms with Gasteiger partial charge >= 0.3 is 0 Å². The Morgan fingerprint density at radius 2 is 2.07 bits per heavy atom. The van der Waals surface area contributed by atoms with Gasteiger partial charge in [0.2, 0.25) is 5.91 Å². The van der Waals surface area contributed by atoms with Crippen LogP contribution in [0.2, 0.25) is 0 Å². The Morgan fingerprint density at radius 3 is 2.79 bits per heavy atom. The molecular weight excluding hydrogens is 180 g/mol. The molecule has 70 valence electrons. The van der Waals surface area contributed by atoms with Crippen molar-refractivity contribution in [2.24, 2.45) is 0 Å². The molecule has 0 saturated carbocycles. The lowest BCUT2D eigenvalue weighted by Gasteiger charge is -2.00. The van der Waals surface area contributed by atoms with Gasteiger partial charge in [-0.15, -0.1) is 0 Å². The fourth-order valence-electron chi connectivity index (χ4n) is 1.29. The van der Waals surface area contributed by atoms with Crippen LogP contribution in [-0.2, 0) is 0 Å². The SMILES string of the molecule is CC(=O)n1cnc2ccccc2c1=O. The van der Waals surface area contributed by atoms with Crippen molar-refractivity contribution >= 4 is 16.8 Å². The number of fused-ring (bicyclic) bond motifs is 1. The van der Waals surface area contributed by atoms with Gasteiger partial charge in [0, 0.05) is 6.92 Å². The van der Waals surface area contributed by atoms with E-state index in [-0.39, 0.29) is 11.5 Å². The molecule has 0 N–H and O–H groups in total. The highest BCUT2D eigenvalue weighted by Gasteiger charge is 2.05. The van der Waals surface area contributed by atoms with E-state index in [1.807, 2.05) is 0 Å². The predicted molar refractivity (Wildman–Crippen MR) is 52.3 cm³/mol. The van der Waals surface area contributed by atoms with Gasteiger partial charge in [0.15, 0.2) is 0 Å². The summed E-state index contributed by atoms with van der Waals surface area (Å²) in [7, 11) is 0. The van der Waals surface area contributed by atoms with E-state index in [1.165, 1.54) is 13.3 Å². The first-order valence-electron chi connectivity index (χ1n) is 4.17. The number of hydrogen-bond acceptors (Lipinski definition) is 3. The maximum atomic E-state index is 11.7. The molecule has 0 aliphatic heterocycles. The van der Waals surface area contributed by atoms with Gasteiger partial charge in [0.05, 0.1) is 10.9 Å². The zero-order valence-corrected chi connectivity index (χ0v) is 7.60. The molecule has 0 aliphatic carbocycles. The van der Waals surface area contributed by atoms with E-state index in [0.717, 1.165) is 4.57 Å². The number of rotatable bonds is 0. The minimum absolute atomic E-state index is 0.317. The smallest absolute Gasteiger partial charge is 0.267 e. The van der Waals surface area contributed by atoms with E-state index in [1.54, 1.807) is 24.3 Å². The van der Waals surface area contributed by atoms with Crippen molar-refractivity contribution in [3.63, 3.8) is 0 Å². The number of carbonyl (C=O) groups is 1. The monoisotopic (exact) mass is 188 g/mol. The molecule has 0 fully saturated rings. The van der Waals surface area contributed by atoms with E-state index in [4.69, 9.17) is 0 Å². The quantitative estimate of drug-likeness (QED) is 0.621. The zero-order valence-electron chi connectivity index (χ0n) is 7.60. The Labute approximate surface area is 79.8 Å². The molecular formula is C10H8N2O2. The molecule has 0 aliphatic rings. The molecule has 0 spiro atoms. The molecule has 4 heteroatoms. The summed E-state index contributed by atoms with van der Waals surface area (Å²) >= 11 is 0. The second-order valence-corrected chi connectivity index (χ2v) is 2.96. The molecule has 2 rings (SSSR count). The Bertz CT molecular complexity index is 557. The summed E-state index contributed by atoms with van der Waals surface area (Å²) in [6.07, 6.45) is 1.26. The maximum absolute atomic E-state index is 11.7. The van der Waals surface area contributed by atoms with Gasteiger partial charge in [-0.3, -0.25) is 9.59 Å². The highest BCUT2D eigenvalue weighted by Crippen LogP contribution is 2.04. The van der Waals surface area contributed by atoms with E-state index in [0.29, 0.717) is 10.9 Å². The van der Waals surface area contributed by atoms with Crippen molar-refractivity contribution in [3.8, 4) is 0 Å². The second kappa shape index (κ2) is 3.06. The van der Waals surface area contributed by atoms with Crippen LogP contribution in [0.3, 0.4) is 0 Å². The molecule has 0 saturated heterocycles. The molecule has 4 nitrogen and oxygen atoms in total. The van der Waals surface area contributed by atoms with Crippen molar-refractivity contribution in [1.82, 2.24) is 9.55 Å². The molecule has 0 atom stereocenters. The van der Waals surface area contributed by atoms with Gasteiger partial charge in [-0.05, 0) is 12.1 Å². The Hall–Kier alpha value is -1.97. The van der Waals surface area contributed by atoms with Crippen molar-refractivity contribution in [2.75, 3.05) is 0 Å². The molecule has 1 aromatic heterocycles. The first-order valence-corrected chi connectivity index (χ1v) is 4.17. The van der Waals surface area contributed by atoms with Gasteiger partial charge in [-0.1, -0.05) is 12.1 Å². The molecule has 0 bridgehead atoms. The number of nitrogens with zero attached hydrogens (tertiary/aromatic N) is 2. The van der Waals surface area contributed by atoms with Gasteiger partial charge < -0.3 is 0 Å². The average Bonchev–Trinajstić information content (AvgIpc) is 2.18. The normalized spacial score (nSPS) is 10.4. The van der Waals surface area contributed by atoms with Gasteiger partial charge in [0.25, 0.3) is 5.56 Å². The van der Waals surface area contributed by atoms with Crippen molar-refractivity contribution < 1.29 is 4.79 Å². The summed E-state index contributed by atoms with van der Waals surface area (Å²) in [5.74, 6) is -0.326. The van der Waals surface area contributed by atoms with Crippen LogP contribution in [-0.4, -0.2) is 15.5 Å². The van der Waals surface area contributed by atoms with Gasteiger partial charge in [-0.25, -0.2) is 9.55 Å². The van der Waals surface area contributed by atoms with Crippen molar-refractivity contribution in [2.45, 2.75) is 6.92 Å². The number of para-hydroxylation sites is 1. The predicted octanol–water partition coefficient (Wildman–Crippen LogP) is 1.06. The van der Waals surface area contributed by atoms with E-state index >= 15 is 0 Å². The highest BCUT2D eigenvalue weighted by atomic mass is 16.2. The summed E-state index contributed by atoms with van der Waals surface area (Å²) in [6.45, 7) is 1.33. The Balaban J connectivity index is 2.89. The summed E-state index contributed by atoms with van der Waals surface area (Å²) < 4.78 is 1.00. The third-order valence-electron chi connectivity index (χ3n) is 2.00. The first kappa shape index (κ1) is 8.62. The molecule has 2 aromatic rings. The van der Waals surface area contributed by atoms with Crippen molar-refractivity contribution in [3.05, 3.63) is 40.9 Å². The van der Waals surface area contributed by atoms with E-state index < -0.39 is 0 Å². The summed E-state index contributed by atoms with van der Waals surface area (Å²) in [5, 5.41) is 0.463. The van der Waals surface area contributed by atoms with Gasteiger partial charge in [-0.2, -0.15) is 0 Å². The lowest BCUT2D eigenvalue weighted by Crippen LogP contribution is -2.24. The fraction of sp³-hybridized carbons (Fsp3) is 0.100. The lowest BCUT2D eigenvalue weighted by atomic mass is 10.2. The van der Waals surface area contributed by atoms with Crippen LogP contribution in [0.15, 0.2) is 35.4 Å². The largest absolute Gasteiger partial charge is 0.274 e. The molecule has 0 radical (unpaired) electrons. The van der Waals surface area contributed by atoms with E-state index in [2.05, 4.69) is 4.98 Å². The maximum Gasteiger partial charge on any atom is 0.267 e. The van der Waals surface area contributed by atoms with Crippen LogP contribution in [0.25, 0.3) is 10.9 Å². The average molecular weight is 188 g/mol. The minimum atomic E-state index is -0.326. The Morgan fingerprint density at radius 1 is 1.36 bits per heavy atom. The second-order valence-electron chi connectivity index (χ2n) is 2.96. The van der Waals surface area contributed by atoms with Crippen LogP contribution in [0.5, 0.6) is 0 Å². The lowest BCUT2D eigenvalue weighted by molar-refractivity contribution is 0.0931. The third-order valence-corrected chi connectivity index (χ3v) is 2.00. The highest BCUT2D eigenvalue weighted by molar-refractivity contribution is 5.82. The first-order chi connectivity index (χ1) is 6.70. The number of aromatic nitrogens is 2. The van der Waals surface area contributed by atoms with E-state index in [9.17, 15) is 9.59 Å². The standard InChI is InChI=1S/C10H8N2O2/c1-7(13)12-6-11-9-5-3-2-4-8(9)10(12)14/h2-6H,1H3. The minimum Gasteiger partial charge on any atom is -0.274 e. The van der Waals surface area contributed by atoms with Crippen LogP contribution in [0.1, 0.15) is 11.7 Å². The molecule has 1 aromatic carbocycles. The molecule has 14 heavy (non-hydrogen) atoms. The summed E-state index contributed by atoms with van der Waals surface area (Å²) in [5.41, 5.74) is 0.290. The topological polar surface area (TPSA) is 52.0 Å². The Kier molecular flexibility index (Phi) is 1.89. The number of benzene rings is 1. The van der Waals surface area contributed by atoms with Crippen LogP contribution in [0, 0.1) is 0 Å². The third kappa shape index (κ3) is 1.21. The van der Waals surface area contributed by atoms with Crippen LogP contribution in [0.4, 0.5) is 0 Å². The summed E-state index contributed by atoms with van der Waals surface area (Å²) in [4.78, 5) is 26.7. The van der Waals surface area contributed by atoms with Crippen LogP contribution >= 0.6 is 0 Å². The van der Waals surface area contributed by atoms with Crippen LogP contribution < -0.4 is 5.56 Å². The molecule has 0 unspecified atom stereocenters. The molecule has 0 amide bonds. The van der Waals surface area contributed by atoms with Crippen molar-refractivity contribution in [1.29, 1.82) is 0 Å².